The van der Waals surface area contributed by atoms with Gasteiger partial charge in [0, 0.05) is 6.54 Å². The van der Waals surface area contributed by atoms with Crippen molar-refractivity contribution in [3.8, 4) is 5.75 Å². The molecular weight excluding hydrogens is 335 g/mol. The average molecular weight is 354 g/mol. The normalized spacial score (nSPS) is 14.2. The molecule has 0 saturated heterocycles. The molecule has 3 N–H and O–H groups in total. The summed E-state index contributed by atoms with van der Waals surface area (Å²) in [5.41, 5.74) is 0. The molecule has 124 valence electrons. The summed E-state index contributed by atoms with van der Waals surface area (Å²) in [5, 5.41) is 8.55. The van der Waals surface area contributed by atoms with Gasteiger partial charge in [-0.2, -0.15) is 0 Å². The van der Waals surface area contributed by atoms with E-state index in [1.165, 1.54) is 24.3 Å². The van der Waals surface area contributed by atoms with E-state index < -0.39 is 17.5 Å². The summed E-state index contributed by atoms with van der Waals surface area (Å²) < 4.78 is 41.3. The third-order valence-electron chi connectivity index (χ3n) is 3.05. The number of nitrogens with one attached hydrogen (secondary N) is 1. The molecule has 8 heteroatoms. The van der Waals surface area contributed by atoms with E-state index in [4.69, 9.17) is 9.66 Å². The Morgan fingerprint density at radius 2 is 1.70 bits per heavy atom. The highest BCUT2D eigenvalue weighted by Crippen LogP contribution is 2.41. The molecule has 1 atom stereocenters. The SMILES string of the molecule is CCCNP(=O)(Oc1ccc(S(N)(=O)=O)cc1)c1ccccc1. The van der Waals surface area contributed by atoms with E-state index in [2.05, 4.69) is 5.09 Å². The molecule has 0 aliphatic rings. The molecule has 0 amide bonds. The minimum atomic E-state index is -3.77. The number of benzene rings is 2. The number of nitrogens with two attached hydrogens (primary N) is 1. The van der Waals surface area contributed by atoms with Gasteiger partial charge in [0.2, 0.25) is 10.0 Å². The van der Waals surface area contributed by atoms with Crippen molar-refractivity contribution in [2.45, 2.75) is 18.2 Å². The third-order valence-corrected chi connectivity index (χ3v) is 6.07. The number of sulfonamides is 1. The molecule has 6 nitrogen and oxygen atoms in total. The van der Waals surface area contributed by atoms with Crippen molar-refractivity contribution < 1.29 is 17.5 Å². The molecule has 0 bridgehead atoms. The lowest BCUT2D eigenvalue weighted by atomic mass is 10.3. The summed E-state index contributed by atoms with van der Waals surface area (Å²) in [5.74, 6) is 0.299. The van der Waals surface area contributed by atoms with Crippen molar-refractivity contribution in [2.75, 3.05) is 6.54 Å². The van der Waals surface area contributed by atoms with Gasteiger partial charge >= 0.3 is 7.52 Å². The van der Waals surface area contributed by atoms with Crippen LogP contribution in [-0.2, 0) is 14.6 Å². The zero-order chi connectivity index (χ0) is 16.9. The lowest BCUT2D eigenvalue weighted by Crippen LogP contribution is -2.24. The predicted octanol–water partition coefficient (Wildman–Crippen LogP) is 2.23. The van der Waals surface area contributed by atoms with E-state index in [0.717, 1.165) is 6.42 Å². The molecule has 0 fully saturated rings. The van der Waals surface area contributed by atoms with Crippen molar-refractivity contribution in [1.82, 2.24) is 5.09 Å². The van der Waals surface area contributed by atoms with E-state index in [0.29, 0.717) is 17.6 Å². The molecule has 0 saturated carbocycles. The summed E-state index contributed by atoms with van der Waals surface area (Å²) >= 11 is 0. The molecule has 0 spiro atoms. The minimum Gasteiger partial charge on any atom is -0.430 e. The Kier molecular flexibility index (Phi) is 5.59. The summed E-state index contributed by atoms with van der Waals surface area (Å²) in [6.45, 7) is 2.49. The van der Waals surface area contributed by atoms with Gasteiger partial charge in [-0.1, -0.05) is 25.1 Å². The maximum atomic E-state index is 13.1. The molecule has 0 radical (unpaired) electrons. The predicted molar refractivity (Wildman–Crippen MR) is 90.4 cm³/mol. The molecule has 0 aromatic heterocycles. The standard InChI is InChI=1S/C15H19N2O4PS/c1-2-12-17-22(18,14-6-4-3-5-7-14)21-13-8-10-15(11-9-13)23(16,19)20/h3-11H,2,12H2,1H3,(H,17,18)(H2,16,19,20). The van der Waals surface area contributed by atoms with E-state index in [9.17, 15) is 13.0 Å². The van der Waals surface area contributed by atoms with Gasteiger partial charge in [-0.25, -0.2) is 18.6 Å². The zero-order valence-electron chi connectivity index (χ0n) is 12.7. The lowest BCUT2D eigenvalue weighted by molar-refractivity contribution is 0.478. The Hall–Kier alpha value is -1.66. The number of primary sulfonamides is 1. The maximum Gasteiger partial charge on any atom is 0.346 e. The minimum absolute atomic E-state index is 0.0269. The molecule has 0 aliphatic heterocycles. The van der Waals surface area contributed by atoms with Crippen molar-refractivity contribution in [3.63, 3.8) is 0 Å². The van der Waals surface area contributed by atoms with Gasteiger partial charge in [-0.3, -0.25) is 4.57 Å². The highest BCUT2D eigenvalue weighted by molar-refractivity contribution is 7.89. The first-order chi connectivity index (χ1) is 10.8. The second kappa shape index (κ2) is 7.27. The van der Waals surface area contributed by atoms with Gasteiger partial charge < -0.3 is 4.52 Å². The first-order valence-electron chi connectivity index (χ1n) is 7.08. The smallest absolute Gasteiger partial charge is 0.346 e. The molecule has 23 heavy (non-hydrogen) atoms. The average Bonchev–Trinajstić information content (AvgIpc) is 2.53. The Balaban J connectivity index is 2.30. The quantitative estimate of drug-likeness (QED) is 0.743. The summed E-state index contributed by atoms with van der Waals surface area (Å²) in [4.78, 5) is -0.0269. The topological polar surface area (TPSA) is 98.5 Å². The molecule has 1 unspecified atom stereocenters. The Labute approximate surface area is 136 Å². The number of rotatable bonds is 7. The largest absolute Gasteiger partial charge is 0.430 e. The van der Waals surface area contributed by atoms with Crippen LogP contribution in [0, 0.1) is 0 Å². The fourth-order valence-electron chi connectivity index (χ4n) is 1.90. The van der Waals surface area contributed by atoms with Gasteiger partial charge in [0.25, 0.3) is 0 Å². The Bertz CT molecular complexity index is 792. The second-order valence-electron chi connectivity index (χ2n) is 4.90. The Morgan fingerprint density at radius 3 is 2.22 bits per heavy atom. The maximum absolute atomic E-state index is 13.1. The van der Waals surface area contributed by atoms with Crippen LogP contribution in [-0.4, -0.2) is 15.0 Å². The van der Waals surface area contributed by atoms with Gasteiger partial charge in [0.05, 0.1) is 10.2 Å². The summed E-state index contributed by atoms with van der Waals surface area (Å²) in [6, 6.07) is 14.3. The molecule has 2 aromatic rings. The Morgan fingerprint density at radius 1 is 1.09 bits per heavy atom. The van der Waals surface area contributed by atoms with Crippen LogP contribution >= 0.6 is 7.52 Å². The van der Waals surface area contributed by atoms with Crippen LogP contribution in [0.15, 0.2) is 59.5 Å². The highest BCUT2D eigenvalue weighted by atomic mass is 32.2. The van der Waals surface area contributed by atoms with E-state index in [-0.39, 0.29) is 4.90 Å². The molecule has 0 heterocycles. The third kappa shape index (κ3) is 4.65. The van der Waals surface area contributed by atoms with Crippen LogP contribution in [0.4, 0.5) is 0 Å². The van der Waals surface area contributed by atoms with Gasteiger partial charge in [0.15, 0.2) is 0 Å². The highest BCUT2D eigenvalue weighted by Gasteiger charge is 2.26. The fourth-order valence-corrected chi connectivity index (χ4v) is 4.27. The summed E-state index contributed by atoms with van der Waals surface area (Å²) in [6.07, 6.45) is 0.796. The first-order valence-corrected chi connectivity index (χ1v) is 10.3. The van der Waals surface area contributed by atoms with Crippen molar-refractivity contribution >= 4 is 22.8 Å². The molecule has 2 rings (SSSR count). The van der Waals surface area contributed by atoms with Crippen LogP contribution in [0.25, 0.3) is 0 Å². The second-order valence-corrected chi connectivity index (χ2v) is 8.58. The van der Waals surface area contributed by atoms with E-state index in [1.54, 1.807) is 24.3 Å². The summed E-state index contributed by atoms with van der Waals surface area (Å²) in [7, 11) is -7.07. The van der Waals surface area contributed by atoms with E-state index >= 15 is 0 Å². The monoisotopic (exact) mass is 354 g/mol. The van der Waals surface area contributed by atoms with Gasteiger partial charge in [-0.15, -0.1) is 0 Å². The fraction of sp³-hybridized carbons (Fsp3) is 0.200. The van der Waals surface area contributed by atoms with Gasteiger partial charge in [-0.05, 0) is 42.8 Å². The van der Waals surface area contributed by atoms with Gasteiger partial charge in [0.1, 0.15) is 5.75 Å². The van der Waals surface area contributed by atoms with Crippen LogP contribution in [0.2, 0.25) is 0 Å². The van der Waals surface area contributed by atoms with Crippen molar-refractivity contribution in [1.29, 1.82) is 0 Å². The lowest BCUT2D eigenvalue weighted by Gasteiger charge is -2.20. The van der Waals surface area contributed by atoms with Crippen LogP contribution < -0.4 is 20.1 Å². The van der Waals surface area contributed by atoms with Crippen molar-refractivity contribution in [2.24, 2.45) is 5.14 Å². The molecule has 2 aromatic carbocycles. The van der Waals surface area contributed by atoms with Crippen LogP contribution in [0.1, 0.15) is 13.3 Å². The number of hydrogen-bond donors (Lipinski definition) is 2. The molecular formula is C15H19N2O4PS. The van der Waals surface area contributed by atoms with Crippen LogP contribution in [0.5, 0.6) is 5.75 Å². The number of hydrogen-bond acceptors (Lipinski definition) is 4. The first kappa shape index (κ1) is 17.7. The van der Waals surface area contributed by atoms with E-state index in [1.807, 2.05) is 13.0 Å². The van der Waals surface area contributed by atoms with Crippen LogP contribution in [0.3, 0.4) is 0 Å². The molecule has 0 aliphatic carbocycles. The van der Waals surface area contributed by atoms with Crippen molar-refractivity contribution in [3.05, 3.63) is 54.6 Å². The zero-order valence-corrected chi connectivity index (χ0v) is 14.4.